The standard InChI is InChI=1S/C27H34N2O3/c1-3-19-4-8-21(9-5-19)25-15-12-23(18-29(25)27(31)22-10-11-22)26(30)28-17-16-20-6-13-24(32-2)14-7-20/h4-9,13-14,22-23,25H,3,10-12,15-18H2,1-2H3,(H,28,30). The van der Waals surface area contributed by atoms with Crippen LogP contribution in [0.3, 0.4) is 0 Å². The van der Waals surface area contributed by atoms with Crippen LogP contribution in [-0.2, 0) is 22.4 Å². The molecule has 1 aliphatic carbocycles. The molecule has 2 aromatic carbocycles. The van der Waals surface area contributed by atoms with E-state index in [1.54, 1.807) is 7.11 Å². The van der Waals surface area contributed by atoms with Crippen molar-refractivity contribution in [2.75, 3.05) is 20.2 Å². The highest BCUT2D eigenvalue weighted by Crippen LogP contribution is 2.39. The quantitative estimate of drug-likeness (QED) is 0.674. The first-order chi connectivity index (χ1) is 15.6. The zero-order valence-electron chi connectivity index (χ0n) is 19.2. The Balaban J connectivity index is 1.36. The van der Waals surface area contributed by atoms with Gasteiger partial charge in [0.25, 0.3) is 0 Å². The lowest BCUT2D eigenvalue weighted by molar-refractivity contribution is -0.140. The molecular formula is C27H34N2O3. The minimum atomic E-state index is -0.139. The van der Waals surface area contributed by atoms with Gasteiger partial charge >= 0.3 is 0 Å². The molecule has 1 heterocycles. The molecule has 4 rings (SSSR count). The van der Waals surface area contributed by atoms with Crippen molar-refractivity contribution in [1.29, 1.82) is 0 Å². The van der Waals surface area contributed by atoms with Gasteiger partial charge in [-0.25, -0.2) is 0 Å². The minimum Gasteiger partial charge on any atom is -0.497 e. The Bertz CT molecular complexity index is 919. The van der Waals surface area contributed by atoms with Gasteiger partial charge in [-0.15, -0.1) is 0 Å². The molecule has 2 unspecified atom stereocenters. The van der Waals surface area contributed by atoms with E-state index in [2.05, 4.69) is 36.5 Å². The SMILES string of the molecule is CCc1ccc(C2CCC(C(=O)NCCc3ccc(OC)cc3)CN2C(=O)C2CC2)cc1. The van der Waals surface area contributed by atoms with Gasteiger partial charge in [0.15, 0.2) is 0 Å². The molecule has 5 heteroatoms. The van der Waals surface area contributed by atoms with Crippen LogP contribution >= 0.6 is 0 Å². The number of carbonyl (C=O) groups excluding carboxylic acids is 2. The lowest BCUT2D eigenvalue weighted by atomic mass is 9.87. The summed E-state index contributed by atoms with van der Waals surface area (Å²) in [6.45, 7) is 3.26. The number of rotatable bonds is 8. The van der Waals surface area contributed by atoms with Gasteiger partial charge in [-0.2, -0.15) is 0 Å². The van der Waals surface area contributed by atoms with E-state index in [0.717, 1.165) is 49.8 Å². The van der Waals surface area contributed by atoms with Crippen molar-refractivity contribution in [3.8, 4) is 5.75 Å². The molecule has 2 atom stereocenters. The van der Waals surface area contributed by atoms with Crippen LogP contribution in [0.5, 0.6) is 5.75 Å². The summed E-state index contributed by atoms with van der Waals surface area (Å²) in [6, 6.07) is 16.6. The molecule has 1 saturated heterocycles. The van der Waals surface area contributed by atoms with Gasteiger partial charge in [-0.1, -0.05) is 43.3 Å². The number of amides is 2. The second kappa shape index (κ2) is 10.2. The number of hydrogen-bond donors (Lipinski definition) is 1. The summed E-state index contributed by atoms with van der Waals surface area (Å²) < 4.78 is 5.19. The van der Waals surface area contributed by atoms with Crippen LogP contribution in [0.4, 0.5) is 0 Å². The number of likely N-dealkylation sites (tertiary alicyclic amines) is 1. The van der Waals surface area contributed by atoms with Crippen LogP contribution in [-0.4, -0.2) is 36.9 Å². The Morgan fingerprint density at radius 2 is 1.59 bits per heavy atom. The van der Waals surface area contributed by atoms with Gasteiger partial charge in [-0.3, -0.25) is 9.59 Å². The number of hydrogen-bond acceptors (Lipinski definition) is 3. The summed E-state index contributed by atoms with van der Waals surface area (Å²) in [5.74, 6) is 1.14. The summed E-state index contributed by atoms with van der Waals surface area (Å²) in [5, 5.41) is 3.10. The Labute approximate surface area is 191 Å². The van der Waals surface area contributed by atoms with E-state index < -0.39 is 0 Å². The highest BCUT2D eigenvalue weighted by Gasteiger charge is 2.41. The fourth-order valence-electron chi connectivity index (χ4n) is 4.58. The summed E-state index contributed by atoms with van der Waals surface area (Å²) in [7, 11) is 1.65. The molecule has 2 aliphatic rings. The number of methoxy groups -OCH3 is 1. The molecule has 0 aromatic heterocycles. The minimum absolute atomic E-state index is 0.0619. The topological polar surface area (TPSA) is 58.6 Å². The first-order valence-electron chi connectivity index (χ1n) is 11.9. The molecule has 0 spiro atoms. The fraction of sp³-hybridized carbons (Fsp3) is 0.481. The zero-order valence-corrected chi connectivity index (χ0v) is 19.2. The van der Waals surface area contributed by atoms with E-state index in [4.69, 9.17) is 4.74 Å². The third kappa shape index (κ3) is 5.32. The van der Waals surface area contributed by atoms with Crippen LogP contribution in [0.15, 0.2) is 48.5 Å². The third-order valence-electron chi connectivity index (χ3n) is 6.81. The van der Waals surface area contributed by atoms with Crippen molar-refractivity contribution in [2.24, 2.45) is 11.8 Å². The van der Waals surface area contributed by atoms with Crippen LogP contribution < -0.4 is 10.1 Å². The molecule has 1 saturated carbocycles. The molecule has 0 radical (unpaired) electrons. The Hall–Kier alpha value is -2.82. The molecule has 0 bridgehead atoms. The van der Waals surface area contributed by atoms with Gasteiger partial charge in [-0.05, 0) is 67.3 Å². The van der Waals surface area contributed by atoms with Crippen LogP contribution in [0.25, 0.3) is 0 Å². The van der Waals surface area contributed by atoms with Gasteiger partial charge in [0.2, 0.25) is 11.8 Å². The average molecular weight is 435 g/mol. The molecule has 2 aromatic rings. The van der Waals surface area contributed by atoms with E-state index in [0.29, 0.717) is 13.1 Å². The van der Waals surface area contributed by atoms with Gasteiger partial charge in [0, 0.05) is 19.0 Å². The number of benzene rings is 2. The molecule has 170 valence electrons. The van der Waals surface area contributed by atoms with E-state index in [1.807, 2.05) is 29.2 Å². The third-order valence-corrected chi connectivity index (χ3v) is 6.81. The number of nitrogens with one attached hydrogen (secondary N) is 1. The number of aryl methyl sites for hydroxylation is 1. The van der Waals surface area contributed by atoms with E-state index >= 15 is 0 Å². The maximum absolute atomic E-state index is 13.1. The molecular weight excluding hydrogens is 400 g/mol. The average Bonchev–Trinajstić information content (AvgIpc) is 3.69. The molecule has 32 heavy (non-hydrogen) atoms. The van der Waals surface area contributed by atoms with Crippen molar-refractivity contribution in [3.05, 3.63) is 65.2 Å². The van der Waals surface area contributed by atoms with Crippen LogP contribution in [0, 0.1) is 11.8 Å². The summed E-state index contributed by atoms with van der Waals surface area (Å²) >= 11 is 0. The maximum Gasteiger partial charge on any atom is 0.226 e. The Morgan fingerprint density at radius 3 is 2.22 bits per heavy atom. The summed E-state index contributed by atoms with van der Waals surface area (Å²) in [6.07, 6.45) is 5.39. The van der Waals surface area contributed by atoms with Gasteiger partial charge < -0.3 is 15.0 Å². The predicted octanol–water partition coefficient (Wildman–Crippen LogP) is 4.31. The second-order valence-corrected chi connectivity index (χ2v) is 9.04. The van der Waals surface area contributed by atoms with E-state index in [-0.39, 0.29) is 29.7 Å². The van der Waals surface area contributed by atoms with Gasteiger partial charge in [0.05, 0.1) is 19.1 Å². The first kappa shape index (κ1) is 22.4. The summed E-state index contributed by atoms with van der Waals surface area (Å²) in [4.78, 5) is 28.0. The first-order valence-corrected chi connectivity index (χ1v) is 11.9. The molecule has 2 fully saturated rings. The fourth-order valence-corrected chi connectivity index (χ4v) is 4.58. The number of carbonyl (C=O) groups is 2. The second-order valence-electron chi connectivity index (χ2n) is 9.04. The highest BCUT2D eigenvalue weighted by atomic mass is 16.5. The summed E-state index contributed by atoms with van der Waals surface area (Å²) in [5.41, 5.74) is 3.66. The molecule has 1 N–H and O–H groups in total. The molecule has 2 amide bonds. The van der Waals surface area contributed by atoms with Crippen LogP contribution in [0.2, 0.25) is 0 Å². The Kier molecular flexibility index (Phi) is 7.13. The van der Waals surface area contributed by atoms with Crippen molar-refractivity contribution in [1.82, 2.24) is 10.2 Å². The number of ether oxygens (including phenoxy) is 1. The Morgan fingerprint density at radius 1 is 0.938 bits per heavy atom. The molecule has 1 aliphatic heterocycles. The smallest absolute Gasteiger partial charge is 0.226 e. The largest absolute Gasteiger partial charge is 0.497 e. The molecule has 5 nitrogen and oxygen atoms in total. The lowest BCUT2D eigenvalue weighted by Gasteiger charge is -2.40. The lowest BCUT2D eigenvalue weighted by Crippen LogP contribution is -2.47. The number of nitrogens with zero attached hydrogens (tertiary/aromatic N) is 1. The normalized spacial score (nSPS) is 20.6. The number of piperidine rings is 1. The highest BCUT2D eigenvalue weighted by molar-refractivity contribution is 5.84. The van der Waals surface area contributed by atoms with Crippen LogP contribution in [0.1, 0.15) is 55.3 Å². The maximum atomic E-state index is 13.1. The predicted molar refractivity (Wildman–Crippen MR) is 125 cm³/mol. The van der Waals surface area contributed by atoms with Crippen molar-refractivity contribution in [2.45, 2.75) is 51.5 Å². The van der Waals surface area contributed by atoms with Crippen molar-refractivity contribution in [3.63, 3.8) is 0 Å². The monoisotopic (exact) mass is 434 g/mol. The van der Waals surface area contributed by atoms with Crippen molar-refractivity contribution >= 4 is 11.8 Å². The van der Waals surface area contributed by atoms with E-state index in [9.17, 15) is 9.59 Å². The van der Waals surface area contributed by atoms with Gasteiger partial charge in [0.1, 0.15) is 5.75 Å². The van der Waals surface area contributed by atoms with E-state index in [1.165, 1.54) is 11.1 Å². The van der Waals surface area contributed by atoms with Crippen molar-refractivity contribution < 1.29 is 14.3 Å². The zero-order chi connectivity index (χ0) is 22.5.